The van der Waals surface area contributed by atoms with E-state index in [9.17, 15) is 8.42 Å². The van der Waals surface area contributed by atoms with E-state index in [-0.39, 0.29) is 0 Å². The van der Waals surface area contributed by atoms with Crippen molar-refractivity contribution in [2.45, 2.75) is 6.04 Å². The first-order valence-electron chi connectivity index (χ1n) is 6.12. The number of hydrazine groups is 1. The van der Waals surface area contributed by atoms with E-state index in [0.717, 1.165) is 17.5 Å². The predicted octanol–water partition coefficient (Wildman–Crippen LogP) is 2.14. The molecule has 0 saturated heterocycles. The molecule has 1 aromatic carbocycles. The van der Waals surface area contributed by atoms with Gasteiger partial charge in [0, 0.05) is 0 Å². The maximum absolute atomic E-state index is 11.9. The molecule has 1 aromatic heterocycles. The Morgan fingerprint density at radius 3 is 2.50 bits per heavy atom. The van der Waals surface area contributed by atoms with E-state index in [1.54, 1.807) is 12.1 Å². The Morgan fingerprint density at radius 1 is 1.15 bits per heavy atom. The van der Waals surface area contributed by atoms with E-state index in [2.05, 4.69) is 5.43 Å². The predicted molar refractivity (Wildman–Crippen MR) is 75.7 cm³/mol. The zero-order chi connectivity index (χ0) is 14.2. The summed E-state index contributed by atoms with van der Waals surface area (Å²) in [6, 6.07) is 12.6. The molecule has 0 aliphatic carbocycles. The van der Waals surface area contributed by atoms with Crippen LogP contribution < -0.4 is 5.43 Å². The topological polar surface area (TPSA) is 62.6 Å². The second-order valence-corrected chi connectivity index (χ2v) is 6.44. The summed E-state index contributed by atoms with van der Waals surface area (Å²) in [4.78, 5) is 0. The van der Waals surface area contributed by atoms with E-state index < -0.39 is 16.1 Å². The van der Waals surface area contributed by atoms with Gasteiger partial charge in [-0.1, -0.05) is 30.3 Å². The van der Waals surface area contributed by atoms with Crippen LogP contribution >= 0.6 is 0 Å². The molecule has 104 valence electrons. The van der Waals surface area contributed by atoms with Crippen molar-refractivity contribution >= 4 is 15.7 Å². The summed E-state index contributed by atoms with van der Waals surface area (Å²) in [5.74, 6) is 0.578. The van der Waals surface area contributed by atoms with E-state index in [1.165, 1.54) is 10.7 Å². The van der Waals surface area contributed by atoms with Gasteiger partial charge >= 0.3 is 0 Å². The minimum Gasteiger partial charge on any atom is -0.467 e. The van der Waals surface area contributed by atoms with Crippen molar-refractivity contribution in [2.24, 2.45) is 0 Å². The molecular weight excluding hydrogens is 276 g/mol. The fourth-order valence-electron chi connectivity index (χ4n) is 2.18. The number of nitrogens with zero attached hydrogens (tertiary/aromatic N) is 1. The standard InChI is InChI=1S/C14H14N2O3S/c1-20(17,18)16-13(14-8-5-9-19-14)10-12(15-16)11-6-3-2-4-7-11/h2-10,13,15H,1H3/t13-/m1/s1. The van der Waals surface area contributed by atoms with Crippen LogP contribution in [0.5, 0.6) is 0 Å². The van der Waals surface area contributed by atoms with Crippen LogP contribution in [0.1, 0.15) is 17.4 Å². The zero-order valence-electron chi connectivity index (χ0n) is 10.9. The second kappa shape index (κ2) is 4.81. The summed E-state index contributed by atoms with van der Waals surface area (Å²) in [5, 5.41) is 0. The number of sulfonamides is 1. The van der Waals surface area contributed by atoms with Crippen molar-refractivity contribution in [3.63, 3.8) is 0 Å². The fourth-order valence-corrected chi connectivity index (χ4v) is 3.02. The number of furan rings is 1. The first kappa shape index (κ1) is 13.0. The molecule has 0 saturated carbocycles. The average molecular weight is 290 g/mol. The molecule has 2 heterocycles. The monoisotopic (exact) mass is 290 g/mol. The molecule has 0 unspecified atom stereocenters. The molecule has 0 amide bonds. The van der Waals surface area contributed by atoms with Gasteiger partial charge in [0.15, 0.2) is 0 Å². The molecule has 20 heavy (non-hydrogen) atoms. The molecule has 1 aliphatic rings. The van der Waals surface area contributed by atoms with Crippen LogP contribution in [0.2, 0.25) is 0 Å². The summed E-state index contributed by atoms with van der Waals surface area (Å²) < 4.78 is 30.3. The Hall–Kier alpha value is -2.05. The molecule has 3 rings (SSSR count). The van der Waals surface area contributed by atoms with Crippen LogP contribution in [0.3, 0.4) is 0 Å². The van der Waals surface area contributed by atoms with Crippen LogP contribution in [0.4, 0.5) is 0 Å². The van der Waals surface area contributed by atoms with Crippen molar-refractivity contribution in [1.82, 2.24) is 9.84 Å². The summed E-state index contributed by atoms with van der Waals surface area (Å²) in [7, 11) is -3.41. The smallest absolute Gasteiger partial charge is 0.228 e. The Morgan fingerprint density at radius 2 is 1.90 bits per heavy atom. The van der Waals surface area contributed by atoms with Gasteiger partial charge in [-0.25, -0.2) is 8.42 Å². The summed E-state index contributed by atoms with van der Waals surface area (Å²) in [5.41, 5.74) is 4.61. The third kappa shape index (κ3) is 2.35. The van der Waals surface area contributed by atoms with E-state index in [1.807, 2.05) is 36.4 Å². The van der Waals surface area contributed by atoms with Gasteiger partial charge < -0.3 is 9.84 Å². The molecule has 0 fully saturated rings. The number of nitrogens with one attached hydrogen (secondary N) is 1. The molecule has 6 heteroatoms. The minimum absolute atomic E-state index is 0.477. The van der Waals surface area contributed by atoms with Crippen molar-refractivity contribution in [3.05, 3.63) is 66.1 Å². The molecule has 0 radical (unpaired) electrons. The van der Waals surface area contributed by atoms with Crippen LogP contribution in [0, 0.1) is 0 Å². The number of hydrogen-bond donors (Lipinski definition) is 1. The van der Waals surface area contributed by atoms with Crippen LogP contribution in [-0.4, -0.2) is 19.1 Å². The van der Waals surface area contributed by atoms with Crippen molar-refractivity contribution in [1.29, 1.82) is 0 Å². The largest absolute Gasteiger partial charge is 0.467 e. The Balaban J connectivity index is 2.02. The van der Waals surface area contributed by atoms with Gasteiger partial charge in [-0.2, -0.15) is 0 Å². The van der Waals surface area contributed by atoms with Crippen molar-refractivity contribution in [2.75, 3.05) is 6.26 Å². The molecule has 2 aromatic rings. The third-order valence-corrected chi connectivity index (χ3v) is 4.12. The van der Waals surface area contributed by atoms with E-state index in [4.69, 9.17) is 4.42 Å². The second-order valence-electron chi connectivity index (χ2n) is 4.58. The molecular formula is C14H14N2O3S. The molecule has 1 aliphatic heterocycles. The summed E-state index contributed by atoms with van der Waals surface area (Å²) in [6.45, 7) is 0. The quantitative estimate of drug-likeness (QED) is 0.940. The minimum atomic E-state index is -3.41. The van der Waals surface area contributed by atoms with Crippen molar-refractivity contribution in [3.8, 4) is 0 Å². The van der Waals surface area contributed by atoms with Gasteiger partial charge in [0.25, 0.3) is 0 Å². The lowest BCUT2D eigenvalue weighted by atomic mass is 10.1. The normalized spacial score (nSPS) is 19.6. The maximum atomic E-state index is 11.9. The van der Waals surface area contributed by atoms with Crippen molar-refractivity contribution < 1.29 is 12.8 Å². The van der Waals surface area contributed by atoms with Crippen LogP contribution in [0.15, 0.2) is 59.2 Å². The Bertz CT molecular complexity index is 721. The maximum Gasteiger partial charge on any atom is 0.228 e. The van der Waals surface area contributed by atoms with Gasteiger partial charge in [0.1, 0.15) is 11.8 Å². The zero-order valence-corrected chi connectivity index (χ0v) is 11.7. The average Bonchev–Trinajstić information content (AvgIpc) is 3.08. The highest BCUT2D eigenvalue weighted by Crippen LogP contribution is 2.32. The first-order valence-corrected chi connectivity index (χ1v) is 7.97. The Labute approximate surface area is 117 Å². The molecule has 5 nitrogen and oxygen atoms in total. The molecule has 1 atom stereocenters. The number of rotatable bonds is 3. The van der Waals surface area contributed by atoms with Crippen LogP contribution in [-0.2, 0) is 10.0 Å². The van der Waals surface area contributed by atoms with Gasteiger partial charge in [0.05, 0.1) is 18.2 Å². The van der Waals surface area contributed by atoms with E-state index >= 15 is 0 Å². The molecule has 1 N–H and O–H groups in total. The SMILES string of the molecule is CS(=O)(=O)N1NC(c2ccccc2)=C[C@@H]1c1ccco1. The van der Waals surface area contributed by atoms with Gasteiger partial charge in [-0.15, -0.1) is 4.41 Å². The highest BCUT2D eigenvalue weighted by molar-refractivity contribution is 7.88. The molecule has 0 bridgehead atoms. The Kier molecular flexibility index (Phi) is 3.11. The molecule has 0 spiro atoms. The lowest BCUT2D eigenvalue weighted by Crippen LogP contribution is -2.38. The highest BCUT2D eigenvalue weighted by atomic mass is 32.2. The van der Waals surface area contributed by atoms with Gasteiger partial charge in [-0.05, 0) is 23.8 Å². The lowest BCUT2D eigenvalue weighted by molar-refractivity contribution is 0.312. The van der Waals surface area contributed by atoms with E-state index in [0.29, 0.717) is 5.76 Å². The van der Waals surface area contributed by atoms with Gasteiger partial charge in [-0.3, -0.25) is 0 Å². The summed E-state index contributed by atoms with van der Waals surface area (Å²) >= 11 is 0. The fraction of sp³-hybridized carbons (Fsp3) is 0.143. The number of hydrogen-bond acceptors (Lipinski definition) is 4. The summed E-state index contributed by atoms with van der Waals surface area (Å²) in [6.07, 6.45) is 4.54. The third-order valence-electron chi connectivity index (χ3n) is 3.08. The number of benzene rings is 1. The first-order chi connectivity index (χ1) is 9.55. The van der Waals surface area contributed by atoms with Gasteiger partial charge in [0.2, 0.25) is 10.0 Å². The van der Waals surface area contributed by atoms with Crippen LogP contribution in [0.25, 0.3) is 5.70 Å². The lowest BCUT2D eigenvalue weighted by Gasteiger charge is -2.21. The highest BCUT2D eigenvalue weighted by Gasteiger charge is 2.34.